The molecule has 1 saturated carbocycles. The lowest BCUT2D eigenvalue weighted by atomic mass is 9.83. The topological polar surface area (TPSA) is 49.8 Å². The molecular formula is C16H28N4. The van der Waals surface area contributed by atoms with E-state index in [0.29, 0.717) is 0 Å². The van der Waals surface area contributed by atoms with Crippen molar-refractivity contribution in [3.8, 4) is 0 Å². The van der Waals surface area contributed by atoms with Crippen molar-refractivity contribution in [2.24, 2.45) is 0 Å². The molecule has 1 fully saturated rings. The van der Waals surface area contributed by atoms with Gasteiger partial charge in [0.15, 0.2) is 0 Å². The van der Waals surface area contributed by atoms with E-state index in [1.807, 2.05) is 13.1 Å². The van der Waals surface area contributed by atoms with Crippen LogP contribution in [0.25, 0.3) is 0 Å². The molecule has 0 aliphatic heterocycles. The van der Waals surface area contributed by atoms with Crippen LogP contribution >= 0.6 is 0 Å². The highest BCUT2D eigenvalue weighted by Gasteiger charge is 2.28. The standard InChI is InChI=1S/C16H28N4/c1-15(2,3)14-18-12(17-5)11-13(19-14)20-16(4)9-7-6-8-10-16/h11H,6-10H2,1-5H3,(H2,17,18,19,20). The lowest BCUT2D eigenvalue weighted by Crippen LogP contribution is -2.37. The zero-order chi connectivity index (χ0) is 14.8. The van der Waals surface area contributed by atoms with E-state index >= 15 is 0 Å². The predicted molar refractivity (Wildman–Crippen MR) is 85.4 cm³/mol. The minimum Gasteiger partial charge on any atom is -0.373 e. The van der Waals surface area contributed by atoms with Crippen LogP contribution < -0.4 is 10.6 Å². The van der Waals surface area contributed by atoms with Gasteiger partial charge in [0, 0.05) is 24.1 Å². The maximum atomic E-state index is 4.73. The largest absolute Gasteiger partial charge is 0.373 e. The summed E-state index contributed by atoms with van der Waals surface area (Å²) in [5.74, 6) is 2.71. The third kappa shape index (κ3) is 3.62. The maximum absolute atomic E-state index is 4.73. The molecule has 2 N–H and O–H groups in total. The Hall–Kier alpha value is -1.32. The molecule has 1 aliphatic carbocycles. The second-order valence-electron chi connectivity index (χ2n) is 7.21. The van der Waals surface area contributed by atoms with Crippen LogP contribution in [0.1, 0.15) is 65.6 Å². The molecular weight excluding hydrogens is 248 g/mol. The van der Waals surface area contributed by atoms with Crippen LogP contribution in [0, 0.1) is 0 Å². The maximum Gasteiger partial charge on any atom is 0.138 e. The number of hydrogen-bond donors (Lipinski definition) is 2. The molecule has 0 aromatic carbocycles. The Labute approximate surface area is 122 Å². The van der Waals surface area contributed by atoms with Gasteiger partial charge >= 0.3 is 0 Å². The monoisotopic (exact) mass is 276 g/mol. The summed E-state index contributed by atoms with van der Waals surface area (Å²) in [7, 11) is 1.90. The molecule has 1 aromatic heterocycles. The molecule has 1 heterocycles. The average Bonchev–Trinajstić information content (AvgIpc) is 2.37. The first-order valence-electron chi connectivity index (χ1n) is 7.68. The van der Waals surface area contributed by atoms with Crippen LogP contribution in [0.15, 0.2) is 6.07 Å². The molecule has 0 unspecified atom stereocenters. The van der Waals surface area contributed by atoms with E-state index in [4.69, 9.17) is 4.98 Å². The van der Waals surface area contributed by atoms with Crippen LogP contribution in [0.2, 0.25) is 0 Å². The van der Waals surface area contributed by atoms with Crippen LogP contribution in [-0.2, 0) is 5.41 Å². The fraction of sp³-hybridized carbons (Fsp3) is 0.750. The smallest absolute Gasteiger partial charge is 0.138 e. The normalized spacial score (nSPS) is 18.6. The van der Waals surface area contributed by atoms with Crippen molar-refractivity contribution in [2.45, 2.75) is 70.8 Å². The van der Waals surface area contributed by atoms with Crippen molar-refractivity contribution < 1.29 is 0 Å². The lowest BCUT2D eigenvalue weighted by molar-refractivity contribution is 0.348. The molecule has 1 aliphatic rings. The van der Waals surface area contributed by atoms with E-state index in [1.54, 1.807) is 0 Å². The molecule has 2 rings (SSSR count). The minimum absolute atomic E-state index is 0.0449. The van der Waals surface area contributed by atoms with Crippen molar-refractivity contribution in [3.05, 3.63) is 11.9 Å². The van der Waals surface area contributed by atoms with Gasteiger partial charge in [0.1, 0.15) is 17.5 Å². The first-order chi connectivity index (χ1) is 9.32. The van der Waals surface area contributed by atoms with Crippen molar-refractivity contribution in [3.63, 3.8) is 0 Å². The summed E-state index contributed by atoms with van der Waals surface area (Å²) in [5, 5.41) is 6.79. The quantitative estimate of drug-likeness (QED) is 0.877. The molecule has 0 spiro atoms. The fourth-order valence-corrected chi connectivity index (χ4v) is 2.74. The summed E-state index contributed by atoms with van der Waals surface area (Å²) in [6.07, 6.45) is 6.41. The Kier molecular flexibility index (Phi) is 4.21. The number of hydrogen-bond acceptors (Lipinski definition) is 4. The van der Waals surface area contributed by atoms with Gasteiger partial charge in [0.25, 0.3) is 0 Å². The molecule has 0 bridgehead atoms. The Bertz CT molecular complexity index is 456. The van der Waals surface area contributed by atoms with Crippen molar-refractivity contribution >= 4 is 11.6 Å². The van der Waals surface area contributed by atoms with Gasteiger partial charge in [-0.05, 0) is 19.8 Å². The van der Waals surface area contributed by atoms with Crippen LogP contribution in [0.3, 0.4) is 0 Å². The van der Waals surface area contributed by atoms with E-state index in [9.17, 15) is 0 Å². The molecule has 0 radical (unpaired) electrons. The average molecular weight is 276 g/mol. The fourth-order valence-electron chi connectivity index (χ4n) is 2.74. The van der Waals surface area contributed by atoms with E-state index < -0.39 is 0 Å². The minimum atomic E-state index is -0.0449. The number of nitrogens with one attached hydrogen (secondary N) is 2. The third-order valence-corrected chi connectivity index (χ3v) is 4.04. The van der Waals surface area contributed by atoms with Gasteiger partial charge in [-0.3, -0.25) is 0 Å². The summed E-state index contributed by atoms with van der Waals surface area (Å²) in [4.78, 5) is 9.31. The molecule has 4 nitrogen and oxygen atoms in total. The van der Waals surface area contributed by atoms with Crippen molar-refractivity contribution in [2.75, 3.05) is 17.7 Å². The van der Waals surface area contributed by atoms with Gasteiger partial charge in [-0.15, -0.1) is 0 Å². The number of rotatable bonds is 3. The van der Waals surface area contributed by atoms with Gasteiger partial charge in [-0.2, -0.15) is 0 Å². The van der Waals surface area contributed by atoms with Gasteiger partial charge in [-0.25, -0.2) is 9.97 Å². The molecule has 1 aromatic rings. The third-order valence-electron chi connectivity index (χ3n) is 4.04. The van der Waals surface area contributed by atoms with Crippen LogP contribution in [0.5, 0.6) is 0 Å². The molecule has 0 saturated heterocycles. The van der Waals surface area contributed by atoms with E-state index in [0.717, 1.165) is 17.5 Å². The Balaban J connectivity index is 2.26. The summed E-state index contributed by atoms with van der Waals surface area (Å²) >= 11 is 0. The summed E-state index contributed by atoms with van der Waals surface area (Å²) in [6, 6.07) is 2.01. The van der Waals surface area contributed by atoms with E-state index in [-0.39, 0.29) is 11.0 Å². The first kappa shape index (κ1) is 15.1. The summed E-state index contributed by atoms with van der Waals surface area (Å²) in [5.41, 5.74) is 0.129. The molecule has 0 atom stereocenters. The second kappa shape index (κ2) is 5.58. The molecule has 20 heavy (non-hydrogen) atoms. The molecule has 0 amide bonds. The Morgan fingerprint density at radius 1 is 1.05 bits per heavy atom. The van der Waals surface area contributed by atoms with Gasteiger partial charge in [-0.1, -0.05) is 40.0 Å². The van der Waals surface area contributed by atoms with Crippen LogP contribution in [-0.4, -0.2) is 22.6 Å². The number of nitrogens with zero attached hydrogens (tertiary/aromatic N) is 2. The summed E-state index contributed by atoms with van der Waals surface area (Å²) in [6.45, 7) is 8.75. The molecule has 112 valence electrons. The highest BCUT2D eigenvalue weighted by Crippen LogP contribution is 2.31. The Morgan fingerprint density at radius 3 is 2.20 bits per heavy atom. The zero-order valence-electron chi connectivity index (χ0n) is 13.5. The first-order valence-corrected chi connectivity index (χ1v) is 7.68. The van der Waals surface area contributed by atoms with Gasteiger partial charge in [0.05, 0.1) is 0 Å². The van der Waals surface area contributed by atoms with Gasteiger partial charge in [0.2, 0.25) is 0 Å². The van der Waals surface area contributed by atoms with Crippen molar-refractivity contribution in [1.29, 1.82) is 0 Å². The zero-order valence-corrected chi connectivity index (χ0v) is 13.5. The van der Waals surface area contributed by atoms with E-state index in [2.05, 4.69) is 43.3 Å². The SMILES string of the molecule is CNc1cc(NC2(C)CCCCC2)nc(C(C)(C)C)n1. The second-order valence-corrected chi connectivity index (χ2v) is 7.21. The summed E-state index contributed by atoms with van der Waals surface area (Å²) < 4.78 is 0. The predicted octanol–water partition coefficient (Wildman–Crippen LogP) is 3.95. The highest BCUT2D eigenvalue weighted by molar-refractivity contribution is 5.49. The lowest BCUT2D eigenvalue weighted by Gasteiger charge is -2.35. The number of anilines is 2. The number of aromatic nitrogens is 2. The van der Waals surface area contributed by atoms with Gasteiger partial charge < -0.3 is 10.6 Å². The molecule has 4 heteroatoms. The Morgan fingerprint density at radius 2 is 1.65 bits per heavy atom. The van der Waals surface area contributed by atoms with Crippen LogP contribution in [0.4, 0.5) is 11.6 Å². The van der Waals surface area contributed by atoms with E-state index in [1.165, 1.54) is 32.1 Å². The highest BCUT2D eigenvalue weighted by atomic mass is 15.1. The van der Waals surface area contributed by atoms with Crippen molar-refractivity contribution in [1.82, 2.24) is 9.97 Å².